The Morgan fingerprint density at radius 2 is 1.33 bits per heavy atom. The molecule has 0 aliphatic heterocycles. The lowest BCUT2D eigenvalue weighted by molar-refractivity contribution is 0.269. The number of benzene rings is 1. The number of nitrogens with one attached hydrogen (secondary N) is 1. The Morgan fingerprint density at radius 3 is 1.63 bits per heavy atom. The first-order valence-electron chi connectivity index (χ1n) is 11.0. The molecule has 1 aromatic rings. The first-order chi connectivity index (χ1) is 14.3. The van der Waals surface area contributed by atoms with Crippen LogP contribution in [0.15, 0.2) is 85.8 Å². The van der Waals surface area contributed by atoms with E-state index in [1.807, 2.05) is 78.1 Å². The molecule has 1 aromatic carbocycles. The van der Waals surface area contributed by atoms with Crippen molar-refractivity contribution in [3.05, 3.63) is 91.4 Å². The summed E-state index contributed by atoms with van der Waals surface area (Å²) in [6.07, 6.45) is 8.59. The van der Waals surface area contributed by atoms with Crippen molar-refractivity contribution < 1.29 is 4.74 Å². The van der Waals surface area contributed by atoms with Gasteiger partial charge in [0.2, 0.25) is 0 Å². The molecule has 1 rings (SSSR count). The maximum atomic E-state index is 4.90. The van der Waals surface area contributed by atoms with Crippen molar-refractivity contribution in [3.63, 3.8) is 0 Å². The summed E-state index contributed by atoms with van der Waals surface area (Å²) in [4.78, 5) is 0. The Morgan fingerprint density at radius 1 is 0.867 bits per heavy atom. The summed E-state index contributed by atoms with van der Waals surface area (Å²) in [5.74, 6) is 0. The highest BCUT2D eigenvalue weighted by atomic mass is 16.5. The second-order valence-corrected chi connectivity index (χ2v) is 6.20. The number of hydrogen-bond acceptors (Lipinski definition) is 2. The minimum atomic E-state index is 0.726. The van der Waals surface area contributed by atoms with Gasteiger partial charge in [-0.1, -0.05) is 101 Å². The molecule has 0 radical (unpaired) electrons. The van der Waals surface area contributed by atoms with E-state index in [0.29, 0.717) is 0 Å². The number of allylic oxidation sites excluding steroid dienone is 5. The van der Waals surface area contributed by atoms with Crippen molar-refractivity contribution in [2.45, 2.75) is 68.7 Å². The van der Waals surface area contributed by atoms with Crippen LogP contribution in [-0.2, 0) is 4.74 Å². The average Bonchev–Trinajstić information content (AvgIpc) is 2.72. The van der Waals surface area contributed by atoms with Crippen molar-refractivity contribution in [2.75, 3.05) is 13.2 Å². The van der Waals surface area contributed by atoms with Gasteiger partial charge < -0.3 is 10.1 Å². The molecule has 0 aromatic heterocycles. The van der Waals surface area contributed by atoms with Gasteiger partial charge in [0.05, 0.1) is 12.9 Å². The van der Waals surface area contributed by atoms with Crippen LogP contribution < -0.4 is 5.32 Å². The van der Waals surface area contributed by atoms with Crippen LogP contribution in [0.5, 0.6) is 0 Å². The van der Waals surface area contributed by atoms with E-state index in [1.54, 1.807) is 6.26 Å². The van der Waals surface area contributed by atoms with Crippen molar-refractivity contribution in [1.29, 1.82) is 0 Å². The number of hydrogen-bond donors (Lipinski definition) is 1. The van der Waals surface area contributed by atoms with E-state index in [4.69, 9.17) is 4.74 Å². The van der Waals surface area contributed by atoms with E-state index in [9.17, 15) is 0 Å². The van der Waals surface area contributed by atoms with Gasteiger partial charge in [0.15, 0.2) is 0 Å². The summed E-state index contributed by atoms with van der Waals surface area (Å²) in [6, 6.07) is 10.2. The molecule has 0 bridgehead atoms. The highest BCUT2D eigenvalue weighted by molar-refractivity contribution is 5.60. The van der Waals surface area contributed by atoms with E-state index in [0.717, 1.165) is 29.9 Å². The minimum Gasteiger partial charge on any atom is -0.501 e. The van der Waals surface area contributed by atoms with Crippen LogP contribution in [0.3, 0.4) is 0 Å². The fourth-order valence-corrected chi connectivity index (χ4v) is 1.30. The Balaban J connectivity index is -0.000000153. The topological polar surface area (TPSA) is 21.3 Å². The van der Waals surface area contributed by atoms with Crippen LogP contribution in [0.1, 0.15) is 74.3 Å². The molecule has 0 saturated carbocycles. The van der Waals surface area contributed by atoms with Crippen molar-refractivity contribution in [2.24, 2.45) is 0 Å². The SMILES string of the molecule is C=C(C)C=CNCC.C=C(C)C=COCC.C=C(C)c1ccccc1.CC.CCC. The standard InChI is InChI=1S/C9H10.C7H13N.C7H12O.C3H8.C2H6/c1-8(2)9-6-4-3-5-7-9;2*1-4-8-6-5-7(2)3;1-3-2;1-2/h3-7H,1H2,2H3;5-6,8H,2,4H2,1,3H3;5-6H,2,4H2,1,3H3;3H2,1-2H3;1-2H3. The molecule has 0 saturated heterocycles. The average molecular weight is 416 g/mol. The van der Waals surface area contributed by atoms with Crippen LogP contribution in [0, 0.1) is 0 Å². The Labute approximate surface area is 189 Å². The zero-order chi connectivity index (χ0) is 24.2. The highest BCUT2D eigenvalue weighted by Gasteiger charge is 1.86. The van der Waals surface area contributed by atoms with Crippen LogP contribution >= 0.6 is 0 Å². The smallest absolute Gasteiger partial charge is 0.0845 e. The Bertz CT molecular complexity index is 527. The van der Waals surface area contributed by atoms with Crippen molar-refractivity contribution in [3.8, 4) is 0 Å². The zero-order valence-electron chi connectivity index (χ0n) is 21.3. The monoisotopic (exact) mass is 415 g/mol. The lowest BCUT2D eigenvalue weighted by Crippen LogP contribution is -2.01. The lowest BCUT2D eigenvalue weighted by Gasteiger charge is -1.94. The van der Waals surface area contributed by atoms with Gasteiger partial charge in [0.1, 0.15) is 0 Å². The third-order valence-corrected chi connectivity index (χ3v) is 2.57. The molecule has 0 fully saturated rings. The van der Waals surface area contributed by atoms with Crippen LogP contribution in [0.2, 0.25) is 0 Å². The van der Waals surface area contributed by atoms with E-state index in [2.05, 4.69) is 58.0 Å². The van der Waals surface area contributed by atoms with Crippen LogP contribution in [-0.4, -0.2) is 13.2 Å². The second-order valence-electron chi connectivity index (χ2n) is 6.20. The zero-order valence-corrected chi connectivity index (χ0v) is 21.3. The molecule has 30 heavy (non-hydrogen) atoms. The predicted octanol–water partition coefficient (Wildman–Crippen LogP) is 8.96. The van der Waals surface area contributed by atoms with Crippen LogP contribution in [0.4, 0.5) is 0 Å². The summed E-state index contributed by atoms with van der Waals surface area (Å²) < 4.78 is 4.90. The maximum Gasteiger partial charge on any atom is 0.0845 e. The molecular weight excluding hydrogens is 366 g/mol. The fourth-order valence-electron chi connectivity index (χ4n) is 1.30. The van der Waals surface area contributed by atoms with Crippen LogP contribution in [0.25, 0.3) is 5.57 Å². The van der Waals surface area contributed by atoms with E-state index >= 15 is 0 Å². The first kappa shape index (κ1) is 35.0. The molecule has 2 heteroatoms. The third-order valence-electron chi connectivity index (χ3n) is 2.57. The molecule has 0 amide bonds. The summed E-state index contributed by atoms with van der Waals surface area (Å²) in [5.41, 5.74) is 4.43. The van der Waals surface area contributed by atoms with Gasteiger partial charge in [-0.3, -0.25) is 0 Å². The molecule has 0 spiro atoms. The summed E-state index contributed by atoms with van der Waals surface area (Å²) in [5, 5.41) is 3.04. The quantitative estimate of drug-likeness (QED) is 0.354. The minimum absolute atomic E-state index is 0.726. The Hall–Kier alpha value is -2.48. The molecule has 2 nitrogen and oxygen atoms in total. The number of ether oxygens (including phenoxy) is 1. The van der Waals surface area contributed by atoms with Gasteiger partial charge in [0, 0.05) is 6.54 Å². The molecule has 0 unspecified atom stereocenters. The molecule has 0 atom stereocenters. The first-order valence-corrected chi connectivity index (χ1v) is 11.0. The largest absolute Gasteiger partial charge is 0.501 e. The van der Waals surface area contributed by atoms with E-state index < -0.39 is 0 Å². The third kappa shape index (κ3) is 40.3. The summed E-state index contributed by atoms with van der Waals surface area (Å²) in [7, 11) is 0. The second kappa shape index (κ2) is 31.2. The van der Waals surface area contributed by atoms with E-state index in [-0.39, 0.29) is 0 Å². The molecular formula is C28H49NO. The lowest BCUT2D eigenvalue weighted by atomic mass is 10.1. The predicted molar refractivity (Wildman–Crippen MR) is 142 cm³/mol. The molecule has 0 aliphatic rings. The van der Waals surface area contributed by atoms with Crippen molar-refractivity contribution >= 4 is 5.57 Å². The molecule has 0 heterocycles. The normalized spacial score (nSPS) is 8.70. The molecule has 172 valence electrons. The van der Waals surface area contributed by atoms with E-state index in [1.165, 1.54) is 12.0 Å². The summed E-state index contributed by atoms with van der Waals surface area (Å²) >= 11 is 0. The Kier molecular flexibility index (Phi) is 36.4. The van der Waals surface area contributed by atoms with Gasteiger partial charge in [-0.05, 0) is 58.5 Å². The summed E-state index contributed by atoms with van der Waals surface area (Å²) in [6.45, 7) is 31.0. The molecule has 0 aliphatic carbocycles. The van der Waals surface area contributed by atoms with Gasteiger partial charge in [-0.25, -0.2) is 0 Å². The molecule has 1 N–H and O–H groups in total. The highest BCUT2D eigenvalue weighted by Crippen LogP contribution is 2.08. The van der Waals surface area contributed by atoms with Gasteiger partial charge in [-0.2, -0.15) is 0 Å². The fraction of sp³-hybridized carbons (Fsp3) is 0.429. The number of rotatable bonds is 7. The van der Waals surface area contributed by atoms with Gasteiger partial charge in [-0.15, -0.1) is 0 Å². The maximum absolute atomic E-state index is 4.90. The van der Waals surface area contributed by atoms with Gasteiger partial charge >= 0.3 is 0 Å². The van der Waals surface area contributed by atoms with Crippen molar-refractivity contribution in [1.82, 2.24) is 5.32 Å². The van der Waals surface area contributed by atoms with Gasteiger partial charge in [0.25, 0.3) is 0 Å².